The molecule has 0 bridgehead atoms. The van der Waals surface area contributed by atoms with E-state index in [9.17, 15) is 16.8 Å². The molecule has 2 aliphatic heterocycles. The van der Waals surface area contributed by atoms with E-state index in [1.165, 1.54) is 0 Å². The summed E-state index contributed by atoms with van der Waals surface area (Å²) in [5.41, 5.74) is 0. The van der Waals surface area contributed by atoms with E-state index in [0.29, 0.717) is 19.3 Å². The molecule has 1 N–H and O–H groups in total. The van der Waals surface area contributed by atoms with Crippen molar-refractivity contribution in [1.82, 2.24) is 5.32 Å². The molecule has 0 spiro atoms. The van der Waals surface area contributed by atoms with Crippen molar-refractivity contribution in [2.45, 2.75) is 31.3 Å². The van der Waals surface area contributed by atoms with Gasteiger partial charge < -0.3 is 5.32 Å². The Bertz CT molecular complexity index is 440. The van der Waals surface area contributed by atoms with E-state index in [4.69, 9.17) is 0 Å². The zero-order valence-corrected chi connectivity index (χ0v) is 10.7. The maximum atomic E-state index is 11.2. The minimum atomic E-state index is -2.85. The van der Waals surface area contributed by atoms with Crippen LogP contribution in [0.2, 0.25) is 0 Å². The lowest BCUT2D eigenvalue weighted by molar-refractivity contribution is 0.416. The molecule has 0 amide bonds. The summed E-state index contributed by atoms with van der Waals surface area (Å²) in [4.78, 5) is 0. The van der Waals surface area contributed by atoms with E-state index in [-0.39, 0.29) is 35.1 Å². The summed E-state index contributed by atoms with van der Waals surface area (Å²) in [6, 6.07) is 0.192. The Balaban J connectivity index is 1.84. The van der Waals surface area contributed by atoms with Gasteiger partial charge in [0.05, 0.1) is 23.0 Å². The fourth-order valence-electron chi connectivity index (χ4n) is 2.32. The molecule has 2 heterocycles. The number of rotatable bonds is 2. The minimum absolute atomic E-state index is 0.0239. The Morgan fingerprint density at radius 3 is 1.75 bits per heavy atom. The molecule has 0 aromatic carbocycles. The van der Waals surface area contributed by atoms with Crippen LogP contribution in [0.25, 0.3) is 0 Å². The second-order valence-corrected chi connectivity index (χ2v) is 9.23. The third kappa shape index (κ3) is 3.18. The van der Waals surface area contributed by atoms with Crippen LogP contribution in [-0.2, 0) is 19.7 Å². The van der Waals surface area contributed by atoms with Crippen molar-refractivity contribution in [3.63, 3.8) is 0 Å². The Hall–Kier alpha value is -0.140. The Morgan fingerprint density at radius 1 is 0.750 bits per heavy atom. The Kier molecular flexibility index (Phi) is 3.29. The first-order valence-corrected chi connectivity index (χ1v) is 9.17. The van der Waals surface area contributed by atoms with Gasteiger partial charge >= 0.3 is 0 Å². The highest BCUT2D eigenvalue weighted by molar-refractivity contribution is 7.91. The number of sulfone groups is 2. The summed E-state index contributed by atoms with van der Waals surface area (Å²) in [6.45, 7) is 0. The minimum Gasteiger partial charge on any atom is -0.310 e. The van der Waals surface area contributed by atoms with E-state index >= 15 is 0 Å². The summed E-state index contributed by atoms with van der Waals surface area (Å²) >= 11 is 0. The van der Waals surface area contributed by atoms with Crippen LogP contribution < -0.4 is 5.32 Å². The van der Waals surface area contributed by atoms with Gasteiger partial charge in [0.25, 0.3) is 0 Å². The van der Waals surface area contributed by atoms with Crippen molar-refractivity contribution in [3.8, 4) is 0 Å². The van der Waals surface area contributed by atoms with Crippen LogP contribution in [0.4, 0.5) is 0 Å². The molecule has 7 heteroatoms. The first-order valence-electron chi connectivity index (χ1n) is 5.53. The maximum absolute atomic E-state index is 11.2. The second kappa shape index (κ2) is 4.27. The predicted molar refractivity (Wildman–Crippen MR) is 61.9 cm³/mol. The van der Waals surface area contributed by atoms with Crippen molar-refractivity contribution < 1.29 is 16.8 Å². The standard InChI is InChI=1S/C9H17NO4S2/c11-15(12)4-1-8(2-5-15)10-9-3-6-16(13,14)7-9/h8-10H,1-7H2. The smallest absolute Gasteiger partial charge is 0.151 e. The van der Waals surface area contributed by atoms with Gasteiger partial charge in [-0.05, 0) is 19.3 Å². The second-order valence-electron chi connectivity index (χ2n) is 4.69. The van der Waals surface area contributed by atoms with Gasteiger partial charge in [0.15, 0.2) is 9.84 Å². The van der Waals surface area contributed by atoms with Crippen molar-refractivity contribution in [1.29, 1.82) is 0 Å². The quantitative estimate of drug-likeness (QED) is 0.718. The molecule has 2 saturated heterocycles. The average Bonchev–Trinajstić information content (AvgIpc) is 2.50. The zero-order valence-electron chi connectivity index (χ0n) is 9.05. The molecule has 0 radical (unpaired) electrons. The molecule has 5 nitrogen and oxygen atoms in total. The van der Waals surface area contributed by atoms with Crippen molar-refractivity contribution in [3.05, 3.63) is 0 Å². The van der Waals surface area contributed by atoms with Gasteiger partial charge in [-0.1, -0.05) is 0 Å². The van der Waals surface area contributed by atoms with E-state index in [1.54, 1.807) is 0 Å². The van der Waals surface area contributed by atoms with Crippen molar-refractivity contribution in [2.75, 3.05) is 23.0 Å². The highest BCUT2D eigenvalue weighted by atomic mass is 32.2. The van der Waals surface area contributed by atoms with Crippen LogP contribution in [0, 0.1) is 0 Å². The zero-order chi connectivity index (χ0) is 11.8. The number of hydrogen-bond donors (Lipinski definition) is 1. The topological polar surface area (TPSA) is 80.3 Å². The molecule has 1 atom stereocenters. The molecule has 0 saturated carbocycles. The monoisotopic (exact) mass is 267 g/mol. The van der Waals surface area contributed by atoms with Crippen molar-refractivity contribution in [2.24, 2.45) is 0 Å². The van der Waals surface area contributed by atoms with E-state index in [1.807, 2.05) is 0 Å². The van der Waals surface area contributed by atoms with Crippen LogP contribution in [0.1, 0.15) is 19.3 Å². The van der Waals surface area contributed by atoms with Crippen LogP contribution in [0.5, 0.6) is 0 Å². The molecule has 2 fully saturated rings. The molecule has 0 aromatic rings. The largest absolute Gasteiger partial charge is 0.310 e. The molecule has 94 valence electrons. The fraction of sp³-hybridized carbons (Fsp3) is 1.00. The van der Waals surface area contributed by atoms with Gasteiger partial charge in [-0.25, -0.2) is 16.8 Å². The molecule has 0 aliphatic carbocycles. The predicted octanol–water partition coefficient (Wildman–Crippen LogP) is -0.660. The number of hydrogen-bond acceptors (Lipinski definition) is 5. The Labute approximate surface area is 96.4 Å². The highest BCUT2D eigenvalue weighted by Crippen LogP contribution is 2.17. The normalized spacial score (nSPS) is 33.9. The first-order chi connectivity index (χ1) is 7.36. The summed E-state index contributed by atoms with van der Waals surface area (Å²) in [5, 5.41) is 3.27. The van der Waals surface area contributed by atoms with Crippen LogP contribution in [-0.4, -0.2) is 51.9 Å². The van der Waals surface area contributed by atoms with Crippen LogP contribution in [0.3, 0.4) is 0 Å². The molecular formula is C9H17NO4S2. The lowest BCUT2D eigenvalue weighted by atomic mass is 10.1. The van der Waals surface area contributed by atoms with E-state index in [2.05, 4.69) is 5.32 Å². The molecule has 2 rings (SSSR count). The molecule has 2 aliphatic rings. The van der Waals surface area contributed by atoms with Gasteiger partial charge in [-0.2, -0.15) is 0 Å². The lowest BCUT2D eigenvalue weighted by Crippen LogP contribution is -2.43. The fourth-order valence-corrected chi connectivity index (χ4v) is 5.49. The third-order valence-corrected chi connectivity index (χ3v) is 6.74. The molecule has 16 heavy (non-hydrogen) atoms. The molecular weight excluding hydrogens is 250 g/mol. The summed E-state index contributed by atoms with van der Waals surface area (Å²) in [6.07, 6.45) is 1.88. The van der Waals surface area contributed by atoms with E-state index < -0.39 is 19.7 Å². The van der Waals surface area contributed by atoms with Crippen LogP contribution in [0.15, 0.2) is 0 Å². The van der Waals surface area contributed by atoms with Gasteiger partial charge in [-0.15, -0.1) is 0 Å². The third-order valence-electron chi connectivity index (χ3n) is 3.26. The average molecular weight is 267 g/mol. The summed E-state index contributed by atoms with van der Waals surface area (Å²) in [7, 11) is -5.68. The van der Waals surface area contributed by atoms with Gasteiger partial charge in [-0.3, -0.25) is 0 Å². The summed E-state index contributed by atoms with van der Waals surface area (Å²) in [5.74, 6) is 0.917. The van der Waals surface area contributed by atoms with Crippen LogP contribution >= 0.6 is 0 Å². The van der Waals surface area contributed by atoms with Gasteiger partial charge in [0, 0.05) is 12.1 Å². The van der Waals surface area contributed by atoms with E-state index in [0.717, 1.165) is 0 Å². The number of nitrogens with one attached hydrogen (secondary N) is 1. The first kappa shape index (κ1) is 12.3. The summed E-state index contributed by atoms with van der Waals surface area (Å²) < 4.78 is 44.9. The van der Waals surface area contributed by atoms with Crippen molar-refractivity contribution >= 4 is 19.7 Å². The molecule has 1 unspecified atom stereocenters. The SMILES string of the molecule is O=S1(=O)CCC(NC2CCS(=O)(=O)C2)CC1. The van der Waals surface area contributed by atoms with Gasteiger partial charge in [0.1, 0.15) is 9.84 Å². The lowest BCUT2D eigenvalue weighted by Gasteiger charge is -2.25. The van der Waals surface area contributed by atoms with Gasteiger partial charge in [0.2, 0.25) is 0 Å². The highest BCUT2D eigenvalue weighted by Gasteiger charge is 2.31. The molecule has 0 aromatic heterocycles. The Morgan fingerprint density at radius 2 is 1.25 bits per heavy atom. The maximum Gasteiger partial charge on any atom is 0.151 e.